The van der Waals surface area contributed by atoms with Gasteiger partial charge in [-0.1, -0.05) is 140 Å². The van der Waals surface area contributed by atoms with Gasteiger partial charge in [-0.15, -0.1) is 0 Å². The molecule has 0 radical (unpaired) electrons. The molecule has 4 heterocycles. The molecule has 0 spiro atoms. The van der Waals surface area contributed by atoms with E-state index in [4.69, 9.17) is 0 Å². The van der Waals surface area contributed by atoms with E-state index in [1.54, 1.807) is 0 Å². The molecule has 0 N–H and O–H groups in total. The zero-order chi connectivity index (χ0) is 32.8. The summed E-state index contributed by atoms with van der Waals surface area (Å²) < 4.78 is 5.10. The maximum atomic E-state index is 2.57. The van der Waals surface area contributed by atoms with Gasteiger partial charge in [-0.2, -0.15) is 0 Å². The summed E-state index contributed by atoms with van der Waals surface area (Å²) in [5, 5.41) is 2.52. The smallest absolute Gasteiger partial charge is 0.273 e. The van der Waals surface area contributed by atoms with E-state index >= 15 is 0 Å². The standard InChI is InChI=1S/C46H30BN3/c1-5-17-31(18-6-1)41-36-26-15-27-37-44(36)50(43(41)32-19-7-2-8-20-32)40-30-16-29-39-42(40)47(37)46-45(48(39)33-21-9-3-10-22-33)35-25-13-14-28-38(35)49(46)34-23-11-4-12-24-34/h1-30H. The predicted molar refractivity (Wildman–Crippen MR) is 210 cm³/mol. The molecule has 2 aromatic heterocycles. The van der Waals surface area contributed by atoms with Gasteiger partial charge in [0.25, 0.3) is 6.71 Å². The molecule has 0 saturated carbocycles. The van der Waals surface area contributed by atoms with Crippen molar-refractivity contribution < 1.29 is 0 Å². The second kappa shape index (κ2) is 10.5. The molecule has 2 aliphatic rings. The van der Waals surface area contributed by atoms with Crippen molar-refractivity contribution in [3.05, 3.63) is 182 Å². The molecule has 7 aromatic carbocycles. The van der Waals surface area contributed by atoms with Crippen LogP contribution in [-0.2, 0) is 0 Å². The SMILES string of the molecule is c1ccc(-c2c(-c3ccccc3)n3c4c(cccc24)B2c4c(cccc4-3)N(c3ccccc3)c3c2n(-c2ccccc2)c2ccccc32)cc1. The van der Waals surface area contributed by atoms with Crippen LogP contribution in [0.2, 0.25) is 0 Å². The average molecular weight is 636 g/mol. The summed E-state index contributed by atoms with van der Waals surface area (Å²) in [7, 11) is 0. The fourth-order valence-corrected chi connectivity index (χ4v) is 8.83. The summed E-state index contributed by atoms with van der Waals surface area (Å²) in [5.74, 6) is 0. The van der Waals surface area contributed by atoms with Crippen molar-refractivity contribution in [2.24, 2.45) is 0 Å². The van der Waals surface area contributed by atoms with Crippen LogP contribution in [0.4, 0.5) is 17.1 Å². The Morgan fingerprint density at radius 2 is 1.00 bits per heavy atom. The lowest BCUT2D eigenvalue weighted by Crippen LogP contribution is -2.62. The molecule has 0 bridgehead atoms. The fourth-order valence-electron chi connectivity index (χ4n) is 8.83. The van der Waals surface area contributed by atoms with Crippen LogP contribution in [0.5, 0.6) is 0 Å². The second-order valence-corrected chi connectivity index (χ2v) is 13.3. The van der Waals surface area contributed by atoms with Crippen molar-refractivity contribution in [1.29, 1.82) is 0 Å². The van der Waals surface area contributed by atoms with Gasteiger partial charge in [0.2, 0.25) is 0 Å². The highest BCUT2D eigenvalue weighted by Crippen LogP contribution is 2.47. The largest absolute Gasteiger partial charge is 0.319 e. The molecule has 232 valence electrons. The van der Waals surface area contributed by atoms with Crippen molar-refractivity contribution in [1.82, 2.24) is 9.13 Å². The van der Waals surface area contributed by atoms with Crippen molar-refractivity contribution in [3.63, 3.8) is 0 Å². The van der Waals surface area contributed by atoms with Crippen LogP contribution in [0, 0.1) is 0 Å². The molecule has 0 aliphatic carbocycles. The summed E-state index contributed by atoms with van der Waals surface area (Å²) in [6.45, 7) is 0.00196. The van der Waals surface area contributed by atoms with E-state index in [1.165, 1.54) is 83.5 Å². The number of fused-ring (bicyclic) bond motifs is 6. The van der Waals surface area contributed by atoms with E-state index in [0.29, 0.717) is 0 Å². The lowest BCUT2D eigenvalue weighted by Gasteiger charge is -2.39. The molecular formula is C46H30BN3. The quantitative estimate of drug-likeness (QED) is 0.176. The lowest BCUT2D eigenvalue weighted by atomic mass is 9.35. The molecule has 0 atom stereocenters. The number of hydrogen-bond acceptors (Lipinski definition) is 1. The minimum atomic E-state index is 0.00196. The molecule has 4 heteroatoms. The first-order valence-corrected chi connectivity index (χ1v) is 17.3. The van der Waals surface area contributed by atoms with Crippen molar-refractivity contribution >= 4 is 62.1 Å². The van der Waals surface area contributed by atoms with E-state index in [0.717, 1.165) is 5.69 Å². The summed E-state index contributed by atoms with van der Waals surface area (Å²) in [6.07, 6.45) is 0. The zero-order valence-corrected chi connectivity index (χ0v) is 27.2. The van der Waals surface area contributed by atoms with Gasteiger partial charge in [-0.3, -0.25) is 0 Å². The molecule has 9 aromatic rings. The molecule has 0 unspecified atom stereocenters. The molecular weight excluding hydrogens is 605 g/mol. The Morgan fingerprint density at radius 3 is 1.74 bits per heavy atom. The van der Waals surface area contributed by atoms with Crippen LogP contribution in [0.25, 0.3) is 55.6 Å². The van der Waals surface area contributed by atoms with Gasteiger partial charge in [0, 0.05) is 50.2 Å². The summed E-state index contributed by atoms with van der Waals surface area (Å²) >= 11 is 0. The number of anilines is 3. The zero-order valence-electron chi connectivity index (χ0n) is 27.2. The highest BCUT2D eigenvalue weighted by molar-refractivity contribution is 7.00. The van der Waals surface area contributed by atoms with Gasteiger partial charge in [-0.25, -0.2) is 0 Å². The normalized spacial score (nSPS) is 12.7. The minimum absolute atomic E-state index is 0.00196. The van der Waals surface area contributed by atoms with E-state index in [2.05, 4.69) is 196 Å². The first-order valence-electron chi connectivity index (χ1n) is 17.3. The number of nitrogens with zero attached hydrogens (tertiary/aromatic N) is 3. The second-order valence-electron chi connectivity index (χ2n) is 13.3. The van der Waals surface area contributed by atoms with Gasteiger partial charge >= 0.3 is 0 Å². The Kier molecular flexibility index (Phi) is 5.76. The van der Waals surface area contributed by atoms with Crippen molar-refractivity contribution in [2.75, 3.05) is 4.90 Å². The molecule has 3 nitrogen and oxygen atoms in total. The number of aromatic nitrogens is 2. The Labute approximate surface area is 291 Å². The predicted octanol–water partition coefficient (Wildman–Crippen LogP) is 9.52. The van der Waals surface area contributed by atoms with Gasteiger partial charge in [0.15, 0.2) is 0 Å². The van der Waals surface area contributed by atoms with Gasteiger partial charge < -0.3 is 14.0 Å². The van der Waals surface area contributed by atoms with Crippen molar-refractivity contribution in [3.8, 4) is 33.8 Å². The van der Waals surface area contributed by atoms with Crippen LogP contribution < -0.4 is 21.4 Å². The molecule has 0 saturated heterocycles. The molecule has 2 aliphatic heterocycles. The number of rotatable bonds is 4. The third-order valence-electron chi connectivity index (χ3n) is 10.7. The maximum absolute atomic E-state index is 2.57. The van der Waals surface area contributed by atoms with Crippen molar-refractivity contribution in [2.45, 2.75) is 0 Å². The number of hydrogen-bond donors (Lipinski definition) is 0. The molecule has 0 fully saturated rings. The number of para-hydroxylation sites is 4. The monoisotopic (exact) mass is 635 g/mol. The van der Waals surface area contributed by atoms with Gasteiger partial charge in [-0.05, 0) is 64.5 Å². The van der Waals surface area contributed by atoms with E-state index in [9.17, 15) is 0 Å². The third-order valence-corrected chi connectivity index (χ3v) is 10.7. The summed E-state index contributed by atoms with van der Waals surface area (Å²) in [5.41, 5.74) is 17.4. The van der Waals surface area contributed by atoms with Crippen LogP contribution in [0.15, 0.2) is 182 Å². The molecule has 0 amide bonds. The van der Waals surface area contributed by atoms with E-state index in [1.807, 2.05) is 0 Å². The molecule has 11 rings (SSSR count). The van der Waals surface area contributed by atoms with Crippen LogP contribution >= 0.6 is 0 Å². The average Bonchev–Trinajstić information content (AvgIpc) is 3.72. The first-order chi connectivity index (χ1) is 24.9. The minimum Gasteiger partial charge on any atom is -0.319 e. The summed E-state index contributed by atoms with van der Waals surface area (Å²) in [4.78, 5) is 2.52. The topological polar surface area (TPSA) is 13.1 Å². The molecule has 50 heavy (non-hydrogen) atoms. The number of benzene rings is 7. The third kappa shape index (κ3) is 3.65. The Hall–Kier alpha value is -6.52. The van der Waals surface area contributed by atoms with Crippen LogP contribution in [0.1, 0.15) is 0 Å². The van der Waals surface area contributed by atoms with E-state index < -0.39 is 0 Å². The Morgan fingerprint density at radius 1 is 0.420 bits per heavy atom. The highest BCUT2D eigenvalue weighted by atomic mass is 15.2. The van der Waals surface area contributed by atoms with Crippen LogP contribution in [0.3, 0.4) is 0 Å². The lowest BCUT2D eigenvalue weighted by molar-refractivity contribution is 1.12. The fraction of sp³-hybridized carbons (Fsp3) is 0. The highest BCUT2D eigenvalue weighted by Gasteiger charge is 2.46. The van der Waals surface area contributed by atoms with Crippen LogP contribution in [-0.4, -0.2) is 15.8 Å². The van der Waals surface area contributed by atoms with Gasteiger partial charge in [0.1, 0.15) is 0 Å². The first kappa shape index (κ1) is 27.4. The summed E-state index contributed by atoms with van der Waals surface area (Å²) in [6, 6.07) is 66.5. The van der Waals surface area contributed by atoms with Gasteiger partial charge in [0.05, 0.1) is 16.9 Å². The van der Waals surface area contributed by atoms with E-state index in [-0.39, 0.29) is 6.71 Å². The maximum Gasteiger partial charge on any atom is 0.273 e. The Balaban J connectivity index is 1.36. The Bertz CT molecular complexity index is 2750.